The molecule has 1 aromatic carbocycles. The van der Waals surface area contributed by atoms with Gasteiger partial charge in [-0.1, -0.05) is 11.6 Å². The molecule has 108 valence electrons. The summed E-state index contributed by atoms with van der Waals surface area (Å²) in [4.78, 5) is 24.7. The standard InChI is InChI=1S/C13H14ClNO5/c1-15-4-3-9(12(15)16)20-11-8(13(17)18)5-7(14)6-10(11)19-2/h5-6,9H,3-4H2,1-2H3,(H,17,18). The van der Waals surface area contributed by atoms with E-state index < -0.39 is 12.1 Å². The molecule has 1 N–H and O–H groups in total. The number of likely N-dealkylation sites (tertiary alicyclic amines) is 1. The van der Waals surface area contributed by atoms with Gasteiger partial charge in [-0.25, -0.2) is 4.79 Å². The first kappa shape index (κ1) is 14.5. The molecule has 7 heteroatoms. The van der Waals surface area contributed by atoms with Crippen LogP contribution in [0.15, 0.2) is 12.1 Å². The molecule has 0 aliphatic carbocycles. The van der Waals surface area contributed by atoms with Crippen molar-refractivity contribution in [3.63, 3.8) is 0 Å². The van der Waals surface area contributed by atoms with E-state index >= 15 is 0 Å². The number of methoxy groups -OCH3 is 1. The van der Waals surface area contributed by atoms with Crippen LogP contribution in [-0.4, -0.2) is 48.7 Å². The van der Waals surface area contributed by atoms with Crippen LogP contribution in [0.4, 0.5) is 0 Å². The average molecular weight is 300 g/mol. The molecule has 1 saturated heterocycles. The minimum absolute atomic E-state index is 0.0260. The highest BCUT2D eigenvalue weighted by atomic mass is 35.5. The highest BCUT2D eigenvalue weighted by molar-refractivity contribution is 6.31. The minimum atomic E-state index is -1.19. The summed E-state index contributed by atoms with van der Waals surface area (Å²) in [5.41, 5.74) is -0.128. The summed E-state index contributed by atoms with van der Waals surface area (Å²) in [7, 11) is 3.05. The first-order chi connectivity index (χ1) is 9.43. The van der Waals surface area contributed by atoms with Gasteiger partial charge < -0.3 is 19.5 Å². The second-order valence-corrected chi connectivity index (χ2v) is 4.88. The number of ether oxygens (including phenoxy) is 2. The predicted octanol–water partition coefficient (Wildman–Crippen LogP) is 1.66. The van der Waals surface area contributed by atoms with Gasteiger partial charge in [0.1, 0.15) is 5.56 Å². The second-order valence-electron chi connectivity index (χ2n) is 4.44. The Balaban J connectivity index is 2.39. The SMILES string of the molecule is COc1cc(Cl)cc(C(=O)O)c1OC1CCN(C)C1=O. The minimum Gasteiger partial charge on any atom is -0.493 e. The molecule has 1 aliphatic rings. The average Bonchev–Trinajstić information content (AvgIpc) is 2.71. The zero-order chi connectivity index (χ0) is 14.9. The molecule has 1 aliphatic heterocycles. The summed E-state index contributed by atoms with van der Waals surface area (Å²) >= 11 is 5.84. The Bertz CT molecular complexity index is 560. The normalized spacial score (nSPS) is 18.2. The van der Waals surface area contributed by atoms with Crippen LogP contribution in [0.3, 0.4) is 0 Å². The van der Waals surface area contributed by atoms with Gasteiger partial charge in [0, 0.05) is 31.1 Å². The molecule has 0 spiro atoms. The number of amides is 1. The van der Waals surface area contributed by atoms with Crippen LogP contribution in [0.2, 0.25) is 5.02 Å². The van der Waals surface area contributed by atoms with E-state index in [2.05, 4.69) is 0 Å². The van der Waals surface area contributed by atoms with Crippen LogP contribution in [0.5, 0.6) is 11.5 Å². The summed E-state index contributed by atoms with van der Waals surface area (Å²) in [6.45, 7) is 0.571. The monoisotopic (exact) mass is 299 g/mol. The van der Waals surface area contributed by atoms with E-state index in [1.54, 1.807) is 7.05 Å². The van der Waals surface area contributed by atoms with Crippen LogP contribution in [0.25, 0.3) is 0 Å². The zero-order valence-electron chi connectivity index (χ0n) is 11.1. The van der Waals surface area contributed by atoms with Gasteiger partial charge in [-0.3, -0.25) is 4.79 Å². The number of nitrogens with zero attached hydrogens (tertiary/aromatic N) is 1. The van der Waals surface area contributed by atoms with E-state index in [-0.39, 0.29) is 28.0 Å². The number of halogens is 1. The first-order valence-electron chi connectivity index (χ1n) is 5.96. The van der Waals surface area contributed by atoms with E-state index in [1.807, 2.05) is 0 Å². The van der Waals surface area contributed by atoms with Crippen molar-refractivity contribution in [3.8, 4) is 11.5 Å². The molecule has 0 radical (unpaired) electrons. The second kappa shape index (κ2) is 5.58. The number of hydrogen-bond acceptors (Lipinski definition) is 4. The maximum absolute atomic E-state index is 11.8. The number of hydrogen-bond donors (Lipinski definition) is 1. The third kappa shape index (κ3) is 2.65. The molecule has 1 atom stereocenters. The Morgan fingerprint density at radius 1 is 1.50 bits per heavy atom. The third-order valence-corrected chi connectivity index (χ3v) is 3.33. The van der Waals surface area contributed by atoms with Crippen molar-refractivity contribution in [3.05, 3.63) is 22.7 Å². The molecule has 0 bridgehead atoms. The zero-order valence-corrected chi connectivity index (χ0v) is 11.8. The fraction of sp³-hybridized carbons (Fsp3) is 0.385. The maximum atomic E-state index is 11.8. The predicted molar refractivity (Wildman–Crippen MR) is 71.6 cm³/mol. The molecule has 0 aromatic heterocycles. The summed E-state index contributed by atoms with van der Waals surface area (Å²) in [6.07, 6.45) is -0.201. The topological polar surface area (TPSA) is 76.1 Å². The quantitative estimate of drug-likeness (QED) is 0.915. The van der Waals surface area contributed by atoms with Crippen LogP contribution in [-0.2, 0) is 4.79 Å². The number of likely N-dealkylation sites (N-methyl/N-ethyl adjacent to an activating group) is 1. The van der Waals surface area contributed by atoms with Gasteiger partial charge in [-0.15, -0.1) is 0 Å². The summed E-state index contributed by atoms with van der Waals surface area (Å²) in [5, 5.41) is 9.44. The smallest absolute Gasteiger partial charge is 0.339 e. The first-order valence-corrected chi connectivity index (χ1v) is 6.34. The van der Waals surface area contributed by atoms with Gasteiger partial charge in [0.2, 0.25) is 0 Å². The van der Waals surface area contributed by atoms with Gasteiger partial charge in [0.05, 0.1) is 7.11 Å². The number of carboxylic acid groups (broad SMARTS) is 1. The van der Waals surface area contributed by atoms with Crippen molar-refractivity contribution in [1.29, 1.82) is 0 Å². The molecule has 0 saturated carbocycles. The highest BCUT2D eigenvalue weighted by Crippen LogP contribution is 2.36. The lowest BCUT2D eigenvalue weighted by atomic mass is 10.1. The van der Waals surface area contributed by atoms with E-state index in [0.717, 1.165) is 0 Å². The van der Waals surface area contributed by atoms with Crippen molar-refractivity contribution >= 4 is 23.5 Å². The van der Waals surface area contributed by atoms with Crippen molar-refractivity contribution < 1.29 is 24.2 Å². The number of carbonyl (C=O) groups is 2. The molecular weight excluding hydrogens is 286 g/mol. The molecule has 2 rings (SSSR count). The van der Waals surface area contributed by atoms with Crippen molar-refractivity contribution in [1.82, 2.24) is 4.90 Å². The Hall–Kier alpha value is -1.95. The summed E-state index contributed by atoms with van der Waals surface area (Å²) in [5.74, 6) is -1.16. The molecule has 1 amide bonds. The van der Waals surface area contributed by atoms with Crippen LogP contribution in [0, 0.1) is 0 Å². The maximum Gasteiger partial charge on any atom is 0.339 e. The summed E-state index contributed by atoms with van der Waals surface area (Å²) < 4.78 is 10.7. The fourth-order valence-corrected chi connectivity index (χ4v) is 2.25. The highest BCUT2D eigenvalue weighted by Gasteiger charge is 2.33. The fourth-order valence-electron chi connectivity index (χ4n) is 2.04. The van der Waals surface area contributed by atoms with Crippen molar-refractivity contribution in [2.24, 2.45) is 0 Å². The lowest BCUT2D eigenvalue weighted by Crippen LogP contribution is -2.30. The van der Waals surface area contributed by atoms with Gasteiger partial charge in [0.15, 0.2) is 17.6 Å². The number of carboxylic acids is 1. The lowest BCUT2D eigenvalue weighted by molar-refractivity contribution is -0.132. The molecular formula is C13H14ClNO5. The Morgan fingerprint density at radius 2 is 2.20 bits per heavy atom. The Labute approximate surface area is 120 Å². The van der Waals surface area contributed by atoms with Crippen LogP contribution < -0.4 is 9.47 Å². The molecule has 1 aromatic rings. The third-order valence-electron chi connectivity index (χ3n) is 3.11. The van der Waals surface area contributed by atoms with Crippen LogP contribution >= 0.6 is 11.6 Å². The van der Waals surface area contributed by atoms with Crippen LogP contribution in [0.1, 0.15) is 16.8 Å². The molecule has 1 fully saturated rings. The molecule has 1 heterocycles. The lowest BCUT2D eigenvalue weighted by Gasteiger charge is -2.17. The Kier molecular flexibility index (Phi) is 4.04. The van der Waals surface area contributed by atoms with E-state index in [9.17, 15) is 14.7 Å². The number of benzene rings is 1. The van der Waals surface area contributed by atoms with E-state index in [0.29, 0.717) is 13.0 Å². The van der Waals surface area contributed by atoms with E-state index in [4.69, 9.17) is 21.1 Å². The van der Waals surface area contributed by atoms with Gasteiger partial charge >= 0.3 is 5.97 Å². The van der Waals surface area contributed by atoms with Gasteiger partial charge in [-0.2, -0.15) is 0 Å². The number of carbonyl (C=O) groups excluding carboxylic acids is 1. The van der Waals surface area contributed by atoms with Crippen molar-refractivity contribution in [2.45, 2.75) is 12.5 Å². The van der Waals surface area contributed by atoms with Crippen molar-refractivity contribution in [2.75, 3.05) is 20.7 Å². The summed E-state index contributed by atoms with van der Waals surface area (Å²) in [6, 6.07) is 2.72. The number of rotatable bonds is 4. The molecule has 6 nitrogen and oxygen atoms in total. The largest absolute Gasteiger partial charge is 0.493 e. The molecule has 1 unspecified atom stereocenters. The number of aromatic carboxylic acids is 1. The van der Waals surface area contributed by atoms with E-state index in [1.165, 1.54) is 24.1 Å². The Morgan fingerprint density at radius 3 is 2.70 bits per heavy atom. The van der Waals surface area contributed by atoms with Gasteiger partial charge in [0.25, 0.3) is 5.91 Å². The van der Waals surface area contributed by atoms with Gasteiger partial charge in [-0.05, 0) is 6.07 Å². The molecule has 20 heavy (non-hydrogen) atoms.